The second-order valence-electron chi connectivity index (χ2n) is 6.94. The molecule has 0 saturated heterocycles. The highest BCUT2D eigenvalue weighted by Gasteiger charge is 2.32. The maximum Gasteiger partial charge on any atom is 0.121 e. The maximum atomic E-state index is 6.09. The zero-order valence-corrected chi connectivity index (χ0v) is 13.2. The van der Waals surface area contributed by atoms with Gasteiger partial charge in [0.2, 0.25) is 0 Å². The monoisotopic (exact) mass is 276 g/mol. The molecule has 1 aliphatic rings. The number of rotatable bonds is 4. The van der Waals surface area contributed by atoms with Crippen molar-refractivity contribution in [3.63, 3.8) is 0 Å². The zero-order valence-electron chi connectivity index (χ0n) is 13.2. The lowest BCUT2D eigenvalue weighted by molar-refractivity contribution is 0.178. The van der Waals surface area contributed by atoms with Gasteiger partial charge in [-0.1, -0.05) is 20.8 Å². The predicted molar refractivity (Wildman–Crippen MR) is 86.2 cm³/mol. The Labute approximate surface area is 122 Å². The summed E-state index contributed by atoms with van der Waals surface area (Å²) in [6.07, 6.45) is 3.71. The number of hydrogen-bond acceptors (Lipinski definition) is 3. The molecule has 0 bridgehead atoms. The molecule has 0 heterocycles. The molecule has 0 amide bonds. The maximum absolute atomic E-state index is 6.09. The molecule has 2 atom stereocenters. The summed E-state index contributed by atoms with van der Waals surface area (Å²) in [6.45, 7) is 9.73. The fraction of sp³-hybridized carbons (Fsp3) is 0.647. The molecule has 112 valence electrons. The molecule has 1 aromatic carbocycles. The van der Waals surface area contributed by atoms with Crippen molar-refractivity contribution in [3.05, 3.63) is 18.2 Å². The summed E-state index contributed by atoms with van der Waals surface area (Å²) in [7, 11) is 0. The van der Waals surface area contributed by atoms with Gasteiger partial charge in [-0.2, -0.15) is 0 Å². The van der Waals surface area contributed by atoms with Crippen molar-refractivity contribution in [2.24, 2.45) is 11.3 Å². The molecule has 0 aromatic heterocycles. The number of ether oxygens (including phenoxy) is 1. The molecule has 2 rings (SSSR count). The van der Waals surface area contributed by atoms with Crippen molar-refractivity contribution in [1.29, 1.82) is 0 Å². The van der Waals surface area contributed by atoms with Gasteiger partial charge in [-0.15, -0.1) is 0 Å². The molecular weight excluding hydrogens is 248 g/mol. The Morgan fingerprint density at radius 3 is 2.75 bits per heavy atom. The first-order valence-corrected chi connectivity index (χ1v) is 7.68. The lowest BCUT2D eigenvalue weighted by Crippen LogP contribution is -2.35. The zero-order chi connectivity index (χ0) is 14.8. The minimum Gasteiger partial charge on any atom is -0.494 e. The van der Waals surface area contributed by atoms with Crippen molar-refractivity contribution >= 4 is 11.4 Å². The minimum absolute atomic E-state index is 0.404. The van der Waals surface area contributed by atoms with E-state index in [1.165, 1.54) is 19.3 Å². The Morgan fingerprint density at radius 2 is 2.10 bits per heavy atom. The van der Waals surface area contributed by atoms with Crippen LogP contribution in [-0.4, -0.2) is 12.6 Å². The highest BCUT2D eigenvalue weighted by Crippen LogP contribution is 2.40. The van der Waals surface area contributed by atoms with Crippen LogP contribution < -0.4 is 15.8 Å². The first-order valence-electron chi connectivity index (χ1n) is 7.68. The van der Waals surface area contributed by atoms with Crippen LogP contribution in [0.3, 0.4) is 0 Å². The lowest BCUT2D eigenvalue weighted by atomic mass is 9.70. The summed E-state index contributed by atoms with van der Waals surface area (Å²) in [4.78, 5) is 0. The van der Waals surface area contributed by atoms with E-state index in [0.717, 1.165) is 23.0 Å². The van der Waals surface area contributed by atoms with Gasteiger partial charge in [-0.3, -0.25) is 0 Å². The van der Waals surface area contributed by atoms with Gasteiger partial charge in [-0.05, 0) is 49.7 Å². The number of nitrogens with one attached hydrogen (secondary N) is 1. The summed E-state index contributed by atoms with van der Waals surface area (Å²) < 4.78 is 5.56. The summed E-state index contributed by atoms with van der Waals surface area (Å²) in [6, 6.07) is 6.36. The van der Waals surface area contributed by atoms with Crippen molar-refractivity contribution < 1.29 is 4.74 Å². The molecule has 0 radical (unpaired) electrons. The largest absolute Gasteiger partial charge is 0.494 e. The highest BCUT2D eigenvalue weighted by molar-refractivity contribution is 5.68. The second-order valence-corrected chi connectivity index (χ2v) is 6.94. The Balaban J connectivity index is 2.10. The SMILES string of the molecule is CCOc1ccc(N)c(NC2CC(C)CC(C)(C)C2)c1. The molecule has 1 aromatic rings. The quantitative estimate of drug-likeness (QED) is 0.806. The van der Waals surface area contributed by atoms with E-state index in [-0.39, 0.29) is 0 Å². The smallest absolute Gasteiger partial charge is 0.121 e. The van der Waals surface area contributed by atoms with Crippen LogP contribution >= 0.6 is 0 Å². The van der Waals surface area contributed by atoms with Gasteiger partial charge in [0.25, 0.3) is 0 Å². The van der Waals surface area contributed by atoms with Crippen molar-refractivity contribution in [3.8, 4) is 5.75 Å². The molecule has 20 heavy (non-hydrogen) atoms. The van der Waals surface area contributed by atoms with Gasteiger partial charge in [0.05, 0.1) is 18.0 Å². The minimum atomic E-state index is 0.404. The fourth-order valence-electron chi connectivity index (χ4n) is 3.59. The summed E-state index contributed by atoms with van der Waals surface area (Å²) >= 11 is 0. The topological polar surface area (TPSA) is 47.3 Å². The average Bonchev–Trinajstić information content (AvgIpc) is 2.31. The van der Waals surface area contributed by atoms with Crippen LogP contribution in [0.5, 0.6) is 5.75 Å². The van der Waals surface area contributed by atoms with E-state index in [1.54, 1.807) is 0 Å². The van der Waals surface area contributed by atoms with E-state index in [4.69, 9.17) is 10.5 Å². The normalized spacial score (nSPS) is 25.2. The third-order valence-corrected chi connectivity index (χ3v) is 4.08. The van der Waals surface area contributed by atoms with E-state index in [0.29, 0.717) is 18.1 Å². The number of anilines is 2. The first kappa shape index (κ1) is 15.0. The Hall–Kier alpha value is -1.38. The number of hydrogen-bond donors (Lipinski definition) is 2. The molecule has 1 fully saturated rings. The van der Waals surface area contributed by atoms with Gasteiger partial charge >= 0.3 is 0 Å². The van der Waals surface area contributed by atoms with Crippen molar-refractivity contribution in [2.75, 3.05) is 17.7 Å². The van der Waals surface area contributed by atoms with Crippen LogP contribution in [-0.2, 0) is 0 Å². The molecule has 2 unspecified atom stereocenters. The fourth-order valence-corrected chi connectivity index (χ4v) is 3.59. The number of nitrogens with two attached hydrogens (primary N) is 1. The van der Waals surface area contributed by atoms with Crippen LogP contribution in [0, 0.1) is 11.3 Å². The summed E-state index contributed by atoms with van der Waals surface area (Å²) in [5, 5.41) is 3.63. The highest BCUT2D eigenvalue weighted by atomic mass is 16.5. The van der Waals surface area contributed by atoms with Crippen LogP contribution in [0.15, 0.2) is 18.2 Å². The third kappa shape index (κ3) is 3.81. The molecule has 3 heteroatoms. The van der Waals surface area contributed by atoms with Crippen LogP contribution in [0.2, 0.25) is 0 Å². The Bertz CT molecular complexity index is 456. The standard InChI is InChI=1S/C17H28N2O/c1-5-20-14-6-7-15(18)16(9-14)19-13-8-12(2)10-17(3,4)11-13/h6-7,9,12-13,19H,5,8,10-11,18H2,1-4H3. The third-order valence-electron chi connectivity index (χ3n) is 4.08. The van der Waals surface area contributed by atoms with Crippen LogP contribution in [0.1, 0.15) is 47.0 Å². The van der Waals surface area contributed by atoms with Gasteiger partial charge < -0.3 is 15.8 Å². The molecular formula is C17H28N2O. The molecule has 3 N–H and O–H groups in total. The van der Waals surface area contributed by atoms with Gasteiger partial charge in [0.15, 0.2) is 0 Å². The van der Waals surface area contributed by atoms with Crippen LogP contribution in [0.4, 0.5) is 11.4 Å². The number of benzene rings is 1. The molecule has 0 aliphatic heterocycles. The number of nitrogen functional groups attached to an aromatic ring is 1. The summed E-state index contributed by atoms with van der Waals surface area (Å²) in [5.74, 6) is 1.64. The van der Waals surface area contributed by atoms with Gasteiger partial charge in [0.1, 0.15) is 5.75 Å². The first-order chi connectivity index (χ1) is 9.39. The Kier molecular flexibility index (Phi) is 4.46. The molecule has 0 spiro atoms. The predicted octanol–water partition coefficient (Wildman–Crippen LogP) is 4.29. The van der Waals surface area contributed by atoms with Gasteiger partial charge in [0, 0.05) is 12.1 Å². The molecule has 1 aliphatic carbocycles. The second kappa shape index (κ2) is 5.94. The van der Waals surface area contributed by atoms with E-state index in [2.05, 4.69) is 26.1 Å². The lowest BCUT2D eigenvalue weighted by Gasteiger charge is -2.39. The van der Waals surface area contributed by atoms with Crippen molar-refractivity contribution in [2.45, 2.75) is 53.0 Å². The van der Waals surface area contributed by atoms with E-state index in [1.807, 2.05) is 25.1 Å². The molecule has 1 saturated carbocycles. The average molecular weight is 276 g/mol. The van der Waals surface area contributed by atoms with Gasteiger partial charge in [-0.25, -0.2) is 0 Å². The van der Waals surface area contributed by atoms with E-state index in [9.17, 15) is 0 Å². The van der Waals surface area contributed by atoms with Crippen LogP contribution in [0.25, 0.3) is 0 Å². The van der Waals surface area contributed by atoms with Crippen molar-refractivity contribution in [1.82, 2.24) is 0 Å². The van der Waals surface area contributed by atoms with E-state index >= 15 is 0 Å². The Morgan fingerprint density at radius 1 is 1.35 bits per heavy atom. The van der Waals surface area contributed by atoms with E-state index < -0.39 is 0 Å². The molecule has 3 nitrogen and oxygen atoms in total. The summed E-state index contributed by atoms with van der Waals surface area (Å²) in [5.41, 5.74) is 8.29.